The molecule has 2 saturated carbocycles. The van der Waals surface area contributed by atoms with E-state index in [9.17, 15) is 28.8 Å². The molecule has 1 saturated heterocycles. The number of carbonyl (C=O) groups excluding carboxylic acids is 6. The van der Waals surface area contributed by atoms with Gasteiger partial charge >= 0.3 is 6.03 Å². The Kier molecular flexibility index (Phi) is 10.7. The third-order valence-corrected chi connectivity index (χ3v) is 9.92. The smallest absolute Gasteiger partial charge is 0.316 e. The number of likely N-dealkylation sites (tertiary alicyclic amines) is 1. The van der Waals surface area contributed by atoms with Crippen molar-refractivity contribution in [3.63, 3.8) is 0 Å². The van der Waals surface area contributed by atoms with Crippen LogP contribution in [0.2, 0.25) is 0 Å². The lowest BCUT2D eigenvalue weighted by Crippen LogP contribution is -2.61. The van der Waals surface area contributed by atoms with Crippen molar-refractivity contribution in [1.29, 1.82) is 0 Å². The highest BCUT2D eigenvalue weighted by Gasteiger charge is 2.69. The summed E-state index contributed by atoms with van der Waals surface area (Å²) in [6, 6.07) is -2.97. The van der Waals surface area contributed by atoms with E-state index in [1.165, 1.54) is 0 Å². The Labute approximate surface area is 263 Å². The summed E-state index contributed by atoms with van der Waals surface area (Å²) >= 11 is 0. The molecule has 9 heteroatoms. The zero-order valence-electron chi connectivity index (χ0n) is 28.4. The molecule has 2 aliphatic carbocycles. The number of fused-ring (bicyclic) bond motifs is 1. The number of carbonyl (C=O) groups is 6. The minimum atomic E-state index is -0.955. The number of Topliss-reactive ketones (excluding diaryl/α,β-unsaturated/α-hetero) is 4. The van der Waals surface area contributed by atoms with Crippen LogP contribution in [0.5, 0.6) is 0 Å². The van der Waals surface area contributed by atoms with Crippen molar-refractivity contribution in [1.82, 2.24) is 15.5 Å². The Morgan fingerprint density at radius 1 is 0.955 bits per heavy atom. The topological polar surface area (TPSA) is 130 Å². The number of hydrogen-bond donors (Lipinski definition) is 2. The largest absolute Gasteiger partial charge is 0.330 e. The number of nitrogens with zero attached hydrogens (tertiary/aromatic N) is 1. The van der Waals surface area contributed by atoms with Gasteiger partial charge in [-0.2, -0.15) is 0 Å². The molecule has 6 atom stereocenters. The Hall–Kier alpha value is -2.84. The summed E-state index contributed by atoms with van der Waals surface area (Å²) in [5, 5.41) is 5.72. The van der Waals surface area contributed by atoms with Gasteiger partial charge in [0.15, 0.2) is 17.3 Å². The summed E-state index contributed by atoms with van der Waals surface area (Å²) in [6.45, 7) is 21.4. The van der Waals surface area contributed by atoms with Gasteiger partial charge in [0.1, 0.15) is 6.04 Å². The van der Waals surface area contributed by atoms with E-state index in [1.54, 1.807) is 11.0 Å². The monoisotopic (exact) mass is 613 g/mol. The summed E-state index contributed by atoms with van der Waals surface area (Å²) in [5.41, 5.74) is -1.33. The number of nitrogens with one attached hydrogen (secondary N) is 2. The first-order valence-corrected chi connectivity index (χ1v) is 16.4. The van der Waals surface area contributed by atoms with Crippen LogP contribution in [0.15, 0.2) is 12.7 Å². The molecule has 0 aromatic rings. The maximum atomic E-state index is 14.3. The summed E-state index contributed by atoms with van der Waals surface area (Å²) in [6.07, 6.45) is 4.70. The van der Waals surface area contributed by atoms with Crippen molar-refractivity contribution in [2.75, 3.05) is 6.54 Å². The number of piperidine rings is 1. The number of rotatable bonds is 15. The molecule has 0 aromatic carbocycles. The Bertz CT molecular complexity index is 1170. The first-order chi connectivity index (χ1) is 20.3. The quantitative estimate of drug-likeness (QED) is 0.196. The molecule has 1 aliphatic heterocycles. The zero-order valence-corrected chi connectivity index (χ0v) is 28.4. The van der Waals surface area contributed by atoms with Gasteiger partial charge in [0.2, 0.25) is 11.7 Å². The summed E-state index contributed by atoms with van der Waals surface area (Å²) < 4.78 is 0. The second kappa shape index (κ2) is 13.3. The van der Waals surface area contributed by atoms with Gasteiger partial charge in [-0.1, -0.05) is 74.8 Å². The van der Waals surface area contributed by atoms with Crippen LogP contribution >= 0.6 is 0 Å². The van der Waals surface area contributed by atoms with Gasteiger partial charge in [0, 0.05) is 31.2 Å². The van der Waals surface area contributed by atoms with Crippen LogP contribution in [0.25, 0.3) is 0 Å². The molecule has 2 N–H and O–H groups in total. The molecule has 3 aliphatic rings. The van der Waals surface area contributed by atoms with Gasteiger partial charge in [0.05, 0.1) is 12.1 Å². The predicted octanol–water partition coefficient (Wildman–Crippen LogP) is 5.06. The number of hydrogen-bond acceptors (Lipinski definition) is 6. The van der Waals surface area contributed by atoms with E-state index in [0.29, 0.717) is 25.8 Å². The fourth-order valence-electron chi connectivity index (χ4n) is 6.94. The van der Waals surface area contributed by atoms with E-state index in [0.717, 1.165) is 12.8 Å². The van der Waals surface area contributed by atoms with Gasteiger partial charge in [0.25, 0.3) is 0 Å². The van der Waals surface area contributed by atoms with Gasteiger partial charge in [-0.15, -0.1) is 6.58 Å². The molecule has 0 radical (unpaired) electrons. The van der Waals surface area contributed by atoms with Gasteiger partial charge in [-0.3, -0.25) is 24.0 Å². The molecular weight excluding hydrogens is 558 g/mol. The van der Waals surface area contributed by atoms with Crippen molar-refractivity contribution in [3.8, 4) is 0 Å². The van der Waals surface area contributed by atoms with Crippen molar-refractivity contribution in [2.45, 2.75) is 125 Å². The second-order valence-electron chi connectivity index (χ2n) is 16.1. The normalized spacial score (nSPS) is 24.4. The first kappa shape index (κ1) is 35.6. The molecule has 3 amide bonds. The van der Waals surface area contributed by atoms with E-state index in [-0.39, 0.29) is 53.5 Å². The highest BCUT2D eigenvalue weighted by molar-refractivity contribution is 6.38. The average Bonchev–Trinajstić information content (AvgIpc) is 3.80. The lowest BCUT2D eigenvalue weighted by atomic mass is 9.82. The second-order valence-corrected chi connectivity index (χ2v) is 16.1. The Morgan fingerprint density at radius 2 is 1.52 bits per heavy atom. The number of amides is 3. The van der Waals surface area contributed by atoms with Crippen LogP contribution in [-0.4, -0.2) is 64.6 Å². The highest BCUT2D eigenvalue weighted by atomic mass is 16.2. The summed E-state index contributed by atoms with van der Waals surface area (Å²) in [4.78, 5) is 81.8. The lowest BCUT2D eigenvalue weighted by Gasteiger charge is -2.38. The molecule has 246 valence electrons. The van der Waals surface area contributed by atoms with Gasteiger partial charge in [-0.25, -0.2) is 4.79 Å². The molecule has 3 fully saturated rings. The van der Waals surface area contributed by atoms with Crippen molar-refractivity contribution in [2.24, 2.45) is 39.9 Å². The number of allylic oxidation sites excluding steroid dienone is 1. The highest BCUT2D eigenvalue weighted by Crippen LogP contribution is 2.65. The molecule has 3 rings (SSSR count). The minimum absolute atomic E-state index is 0.0120. The van der Waals surface area contributed by atoms with Crippen LogP contribution < -0.4 is 10.6 Å². The van der Waals surface area contributed by atoms with Crippen molar-refractivity contribution >= 4 is 35.1 Å². The molecule has 0 spiro atoms. The molecule has 0 bridgehead atoms. The van der Waals surface area contributed by atoms with E-state index < -0.39 is 52.5 Å². The van der Waals surface area contributed by atoms with Crippen molar-refractivity contribution in [3.05, 3.63) is 12.7 Å². The number of urea groups is 1. The van der Waals surface area contributed by atoms with Crippen LogP contribution in [0, 0.1) is 39.9 Å². The molecule has 9 nitrogen and oxygen atoms in total. The van der Waals surface area contributed by atoms with Crippen LogP contribution in [0.4, 0.5) is 4.79 Å². The van der Waals surface area contributed by atoms with Gasteiger partial charge < -0.3 is 15.5 Å². The van der Waals surface area contributed by atoms with Crippen LogP contribution in [0.3, 0.4) is 0 Å². The molecule has 44 heavy (non-hydrogen) atoms. The van der Waals surface area contributed by atoms with E-state index in [4.69, 9.17) is 0 Å². The lowest BCUT2D eigenvalue weighted by molar-refractivity contribution is -0.144. The van der Waals surface area contributed by atoms with Crippen molar-refractivity contribution < 1.29 is 28.8 Å². The molecule has 0 aromatic heterocycles. The van der Waals surface area contributed by atoms with E-state index in [1.807, 2.05) is 48.5 Å². The standard InChI is InChI=1S/C35H55N3O6/c1-11-13-15-23(39)27(41)21(14-12-2)18-24(40)26-25-22(35(25,9)10)19-38(26)31(43)30(34(6,7)8)37-32(44)36-29(33(3,4)5)28(42)20-16-17-20/h11,20-22,25-26,29-30H,1,12-19H2,2-10H3,(H2,36,37,44)/t21?,22-,25-,26+,29+,30+/m0/s1. The minimum Gasteiger partial charge on any atom is -0.330 e. The Balaban J connectivity index is 1.82. The predicted molar refractivity (Wildman–Crippen MR) is 170 cm³/mol. The SMILES string of the molecule is C=CCCC(=O)C(=O)C(CCC)CC(=O)[C@@H]1[C@@H]2[C@H](CN1C(=O)[C@@H](NC(=O)N[C@H](C(=O)C1CC1)C(C)(C)C)C(C)(C)C)C2(C)C. The van der Waals surface area contributed by atoms with E-state index in [2.05, 4.69) is 31.1 Å². The molecule has 1 heterocycles. The Morgan fingerprint density at radius 3 is 2.02 bits per heavy atom. The maximum Gasteiger partial charge on any atom is 0.316 e. The third-order valence-electron chi connectivity index (χ3n) is 9.92. The summed E-state index contributed by atoms with van der Waals surface area (Å²) in [7, 11) is 0. The number of ketones is 4. The maximum absolute atomic E-state index is 14.3. The van der Waals surface area contributed by atoms with E-state index >= 15 is 0 Å². The molecular formula is C35H55N3O6. The molecule has 1 unspecified atom stereocenters. The van der Waals surface area contributed by atoms with Crippen LogP contribution in [0.1, 0.15) is 107 Å². The first-order valence-electron chi connectivity index (χ1n) is 16.4. The summed E-state index contributed by atoms with van der Waals surface area (Å²) in [5.74, 6) is -2.24. The average molecular weight is 614 g/mol. The van der Waals surface area contributed by atoms with Gasteiger partial charge in [-0.05, 0) is 53.8 Å². The third kappa shape index (κ3) is 7.86. The fraction of sp³-hybridized carbons (Fsp3) is 0.771. The zero-order chi connectivity index (χ0) is 33.4. The fourth-order valence-corrected chi connectivity index (χ4v) is 6.94. The van der Waals surface area contributed by atoms with Crippen LogP contribution in [-0.2, 0) is 24.0 Å².